The lowest BCUT2D eigenvalue weighted by molar-refractivity contribution is 0.0664. The Bertz CT molecular complexity index is 1170. The Morgan fingerprint density at radius 3 is 2.71 bits per heavy atom. The fraction of sp³-hybridized carbons (Fsp3) is 0.375. The molecule has 3 aliphatic heterocycles. The molecule has 1 fully saturated rings. The van der Waals surface area contributed by atoms with Crippen molar-refractivity contribution in [2.45, 2.75) is 12.5 Å². The number of carbonyl (C=O) groups excluding carboxylic acids is 1. The summed E-state index contributed by atoms with van der Waals surface area (Å²) in [5, 5.41) is 3.49. The van der Waals surface area contributed by atoms with Crippen LogP contribution in [0.25, 0.3) is 11.0 Å². The van der Waals surface area contributed by atoms with Crippen molar-refractivity contribution < 1.29 is 4.79 Å². The molecule has 6 rings (SSSR count). The van der Waals surface area contributed by atoms with Crippen LogP contribution in [0, 0.1) is 0 Å². The number of nitrogens with one attached hydrogen (secondary N) is 1. The monoisotopic (exact) mass is 414 g/mol. The van der Waals surface area contributed by atoms with Crippen molar-refractivity contribution in [1.82, 2.24) is 19.8 Å². The molecule has 0 spiro atoms. The summed E-state index contributed by atoms with van der Waals surface area (Å²) in [5.41, 5.74) is 5.07. The molecule has 0 saturated carbocycles. The molecule has 1 N–H and O–H groups in total. The number of benzene rings is 2. The van der Waals surface area contributed by atoms with Crippen molar-refractivity contribution in [2.75, 3.05) is 56.5 Å². The normalized spacial score (nSPS) is 20.6. The van der Waals surface area contributed by atoms with E-state index in [1.807, 2.05) is 23.1 Å². The fourth-order valence-corrected chi connectivity index (χ4v) is 5.01. The quantitative estimate of drug-likeness (QED) is 0.660. The first-order valence-electron chi connectivity index (χ1n) is 11.1. The summed E-state index contributed by atoms with van der Waals surface area (Å²) in [4.78, 5) is 29.4. The zero-order valence-corrected chi connectivity index (χ0v) is 17.7. The summed E-state index contributed by atoms with van der Waals surface area (Å²) in [6, 6.07) is 14.7. The Hall–Kier alpha value is -3.19. The molecule has 4 heterocycles. The summed E-state index contributed by atoms with van der Waals surface area (Å²) in [6.45, 7) is 5.11. The van der Waals surface area contributed by atoms with E-state index in [9.17, 15) is 4.79 Å². The maximum Gasteiger partial charge on any atom is 0.254 e. The third-order valence-electron chi connectivity index (χ3n) is 6.83. The first kappa shape index (κ1) is 18.6. The van der Waals surface area contributed by atoms with E-state index in [1.54, 1.807) is 0 Å². The first-order chi connectivity index (χ1) is 15.2. The van der Waals surface area contributed by atoms with Gasteiger partial charge in [0.1, 0.15) is 0 Å². The summed E-state index contributed by atoms with van der Waals surface area (Å²) >= 11 is 0. The fourth-order valence-electron chi connectivity index (χ4n) is 5.01. The summed E-state index contributed by atoms with van der Waals surface area (Å²) in [7, 11) is 2.09. The maximum atomic E-state index is 13.0. The predicted molar refractivity (Wildman–Crippen MR) is 122 cm³/mol. The average Bonchev–Trinajstić information content (AvgIpc) is 2.82. The number of hydrogen-bond acceptors (Lipinski definition) is 6. The SMILES string of the molecule is CN1CCN(C(=O)c2ccc3nc4c(nc3c2)N2CCc3ccccc3C2CN4)CC1. The molecule has 2 aromatic carbocycles. The van der Waals surface area contributed by atoms with Crippen molar-refractivity contribution in [1.29, 1.82) is 0 Å². The first-order valence-corrected chi connectivity index (χ1v) is 11.1. The number of amides is 1. The van der Waals surface area contributed by atoms with Crippen LogP contribution in [0.3, 0.4) is 0 Å². The van der Waals surface area contributed by atoms with Gasteiger partial charge in [0.15, 0.2) is 11.6 Å². The number of fused-ring (bicyclic) bond motifs is 6. The minimum Gasteiger partial charge on any atom is -0.365 e. The molecular formula is C24H26N6O. The number of likely N-dealkylation sites (N-methyl/N-ethyl adjacent to an activating group) is 1. The number of piperazine rings is 1. The van der Waals surface area contributed by atoms with E-state index in [1.165, 1.54) is 11.1 Å². The minimum atomic E-state index is 0.0809. The largest absolute Gasteiger partial charge is 0.365 e. The minimum absolute atomic E-state index is 0.0809. The van der Waals surface area contributed by atoms with E-state index >= 15 is 0 Å². The van der Waals surface area contributed by atoms with Crippen molar-refractivity contribution in [3.63, 3.8) is 0 Å². The second kappa shape index (κ2) is 7.20. The number of hydrogen-bond donors (Lipinski definition) is 1. The lowest BCUT2D eigenvalue weighted by atomic mass is 9.91. The molecule has 1 aromatic heterocycles. The second-order valence-electron chi connectivity index (χ2n) is 8.73. The lowest BCUT2D eigenvalue weighted by Crippen LogP contribution is -2.47. The number of rotatable bonds is 1. The van der Waals surface area contributed by atoms with Crippen LogP contribution < -0.4 is 10.2 Å². The Labute approximate surface area is 181 Å². The molecule has 158 valence electrons. The molecule has 1 atom stereocenters. The van der Waals surface area contributed by atoms with Crippen LogP contribution in [0.4, 0.5) is 11.6 Å². The van der Waals surface area contributed by atoms with Crippen LogP contribution in [0.2, 0.25) is 0 Å². The highest BCUT2D eigenvalue weighted by Crippen LogP contribution is 2.39. The second-order valence-corrected chi connectivity index (χ2v) is 8.73. The van der Waals surface area contributed by atoms with Crippen LogP contribution in [0.15, 0.2) is 42.5 Å². The topological polar surface area (TPSA) is 64.6 Å². The van der Waals surface area contributed by atoms with E-state index in [4.69, 9.17) is 9.97 Å². The van der Waals surface area contributed by atoms with Crippen molar-refractivity contribution in [3.8, 4) is 0 Å². The summed E-state index contributed by atoms with van der Waals surface area (Å²) in [6.07, 6.45) is 1.01. The van der Waals surface area contributed by atoms with Crippen LogP contribution in [0.5, 0.6) is 0 Å². The van der Waals surface area contributed by atoms with Gasteiger partial charge in [0.05, 0.1) is 17.1 Å². The highest BCUT2D eigenvalue weighted by Gasteiger charge is 2.34. The van der Waals surface area contributed by atoms with Crippen LogP contribution in [-0.2, 0) is 6.42 Å². The predicted octanol–water partition coefficient (Wildman–Crippen LogP) is 2.55. The van der Waals surface area contributed by atoms with Gasteiger partial charge in [0, 0.05) is 44.8 Å². The average molecular weight is 415 g/mol. The Kier molecular flexibility index (Phi) is 4.31. The van der Waals surface area contributed by atoms with E-state index in [-0.39, 0.29) is 11.9 Å². The lowest BCUT2D eigenvalue weighted by Gasteiger charge is -2.42. The Morgan fingerprint density at radius 2 is 1.84 bits per heavy atom. The molecule has 3 aromatic rings. The van der Waals surface area contributed by atoms with Gasteiger partial charge >= 0.3 is 0 Å². The van der Waals surface area contributed by atoms with Crippen molar-refractivity contribution in [2.24, 2.45) is 0 Å². The number of nitrogens with zero attached hydrogens (tertiary/aromatic N) is 5. The molecule has 1 saturated heterocycles. The van der Waals surface area contributed by atoms with Gasteiger partial charge in [0.25, 0.3) is 5.91 Å². The number of carbonyl (C=O) groups is 1. The third-order valence-corrected chi connectivity index (χ3v) is 6.83. The molecule has 3 aliphatic rings. The molecule has 7 nitrogen and oxygen atoms in total. The van der Waals surface area contributed by atoms with Crippen LogP contribution >= 0.6 is 0 Å². The van der Waals surface area contributed by atoms with Gasteiger partial charge in [-0.2, -0.15) is 0 Å². The van der Waals surface area contributed by atoms with Gasteiger partial charge in [-0.3, -0.25) is 4.79 Å². The van der Waals surface area contributed by atoms with E-state index < -0.39 is 0 Å². The van der Waals surface area contributed by atoms with Gasteiger partial charge in [-0.15, -0.1) is 0 Å². The number of aromatic nitrogens is 2. The molecule has 0 bridgehead atoms. The Morgan fingerprint density at radius 1 is 1.00 bits per heavy atom. The van der Waals surface area contributed by atoms with E-state index in [2.05, 4.69) is 46.4 Å². The van der Waals surface area contributed by atoms with Gasteiger partial charge in [0.2, 0.25) is 0 Å². The zero-order valence-electron chi connectivity index (χ0n) is 17.7. The molecule has 1 amide bonds. The van der Waals surface area contributed by atoms with Crippen molar-refractivity contribution >= 4 is 28.6 Å². The van der Waals surface area contributed by atoms with Crippen LogP contribution in [-0.4, -0.2) is 72.0 Å². The maximum absolute atomic E-state index is 13.0. The summed E-state index contributed by atoms with van der Waals surface area (Å²) in [5.74, 6) is 1.81. The van der Waals surface area contributed by atoms with Crippen LogP contribution in [0.1, 0.15) is 27.5 Å². The van der Waals surface area contributed by atoms with Gasteiger partial charge in [-0.05, 0) is 42.8 Å². The van der Waals surface area contributed by atoms with Gasteiger partial charge in [-0.1, -0.05) is 24.3 Å². The highest BCUT2D eigenvalue weighted by molar-refractivity contribution is 5.98. The van der Waals surface area contributed by atoms with Gasteiger partial charge < -0.3 is 20.0 Å². The van der Waals surface area contributed by atoms with Gasteiger partial charge in [-0.25, -0.2) is 9.97 Å². The molecule has 7 heteroatoms. The smallest absolute Gasteiger partial charge is 0.254 e. The molecular weight excluding hydrogens is 388 g/mol. The molecule has 1 unspecified atom stereocenters. The Balaban J connectivity index is 1.35. The standard InChI is InChI=1S/C24H26N6O/c1-28-10-12-29(13-11-28)24(31)17-6-7-19-20(14-17)27-23-22(26-19)25-15-21-18-5-3-2-4-16(18)8-9-30(21)23/h2-7,14,21H,8-13,15H2,1H3,(H,25,26). The van der Waals surface area contributed by atoms with Crippen molar-refractivity contribution in [3.05, 3.63) is 59.2 Å². The van der Waals surface area contributed by atoms with E-state index in [0.717, 1.165) is 68.4 Å². The zero-order chi connectivity index (χ0) is 20.9. The summed E-state index contributed by atoms with van der Waals surface area (Å²) < 4.78 is 0. The highest BCUT2D eigenvalue weighted by atomic mass is 16.2. The molecule has 31 heavy (non-hydrogen) atoms. The number of anilines is 2. The third kappa shape index (κ3) is 3.11. The molecule has 0 radical (unpaired) electrons. The van der Waals surface area contributed by atoms with E-state index in [0.29, 0.717) is 5.56 Å². The molecule has 0 aliphatic carbocycles.